The van der Waals surface area contributed by atoms with Gasteiger partial charge in [0.05, 0.1) is 19.8 Å². The van der Waals surface area contributed by atoms with Gasteiger partial charge < -0.3 is 19.9 Å². The topological polar surface area (TPSA) is 79.6 Å². The van der Waals surface area contributed by atoms with Gasteiger partial charge in [-0.25, -0.2) is 4.99 Å². The van der Waals surface area contributed by atoms with E-state index in [1.54, 1.807) is 0 Å². The molecular weight excluding hydrogens is 386 g/mol. The molecule has 2 aromatic rings. The van der Waals surface area contributed by atoms with Crippen molar-refractivity contribution in [1.29, 1.82) is 0 Å². The van der Waals surface area contributed by atoms with Crippen molar-refractivity contribution < 1.29 is 4.74 Å². The number of aromatic nitrogens is 3. The van der Waals surface area contributed by atoms with Crippen molar-refractivity contribution >= 4 is 17.3 Å². The van der Waals surface area contributed by atoms with Crippen LogP contribution in [0.2, 0.25) is 0 Å². The predicted molar refractivity (Wildman–Crippen MR) is 117 cm³/mol. The van der Waals surface area contributed by atoms with E-state index in [1.807, 2.05) is 29.9 Å². The maximum Gasteiger partial charge on any atom is 0.192 e. The Morgan fingerprint density at radius 1 is 1.21 bits per heavy atom. The van der Waals surface area contributed by atoms with E-state index < -0.39 is 0 Å². The van der Waals surface area contributed by atoms with E-state index in [0.717, 1.165) is 76.4 Å². The SMILES string of the molecule is CCc1ccc(CNC(=NCc2nnc(C)n2C)NCCCN2CCOCC2)s1. The fraction of sp³-hybridized carbons (Fsp3) is 0.650. The molecule has 0 atom stereocenters. The molecule has 1 fully saturated rings. The molecule has 0 bridgehead atoms. The number of morpholine rings is 1. The third-order valence-corrected chi connectivity index (χ3v) is 6.33. The molecule has 8 nitrogen and oxygen atoms in total. The number of aryl methyl sites for hydroxylation is 2. The van der Waals surface area contributed by atoms with Crippen molar-refractivity contribution in [3.63, 3.8) is 0 Å². The van der Waals surface area contributed by atoms with Crippen molar-refractivity contribution in [3.8, 4) is 0 Å². The molecule has 160 valence electrons. The van der Waals surface area contributed by atoms with Crippen molar-refractivity contribution in [2.75, 3.05) is 39.4 Å². The summed E-state index contributed by atoms with van der Waals surface area (Å²) in [7, 11) is 1.97. The molecule has 3 rings (SSSR count). The third-order valence-electron chi connectivity index (χ3n) is 5.10. The summed E-state index contributed by atoms with van der Waals surface area (Å²) >= 11 is 1.85. The Labute approximate surface area is 177 Å². The lowest BCUT2D eigenvalue weighted by Gasteiger charge is -2.26. The number of thiophene rings is 1. The lowest BCUT2D eigenvalue weighted by molar-refractivity contribution is 0.0376. The van der Waals surface area contributed by atoms with E-state index in [2.05, 4.69) is 44.8 Å². The Kier molecular flexibility index (Phi) is 8.45. The van der Waals surface area contributed by atoms with Gasteiger partial charge in [-0.05, 0) is 38.4 Å². The number of aliphatic imine (C=N–C) groups is 1. The first-order valence-electron chi connectivity index (χ1n) is 10.4. The molecule has 0 radical (unpaired) electrons. The normalized spacial score (nSPS) is 15.6. The average molecular weight is 420 g/mol. The third kappa shape index (κ3) is 6.80. The molecule has 29 heavy (non-hydrogen) atoms. The highest BCUT2D eigenvalue weighted by Gasteiger charge is 2.10. The Morgan fingerprint density at radius 3 is 2.69 bits per heavy atom. The van der Waals surface area contributed by atoms with Gasteiger partial charge in [0.25, 0.3) is 0 Å². The zero-order valence-electron chi connectivity index (χ0n) is 17.8. The van der Waals surface area contributed by atoms with Crippen LogP contribution in [0.15, 0.2) is 17.1 Å². The van der Waals surface area contributed by atoms with E-state index >= 15 is 0 Å². The van der Waals surface area contributed by atoms with E-state index in [9.17, 15) is 0 Å². The van der Waals surface area contributed by atoms with E-state index in [4.69, 9.17) is 9.73 Å². The predicted octanol–water partition coefficient (Wildman–Crippen LogP) is 1.71. The minimum atomic E-state index is 0.501. The summed E-state index contributed by atoms with van der Waals surface area (Å²) in [6.45, 7) is 11.1. The molecule has 3 heterocycles. The second-order valence-corrected chi connectivity index (χ2v) is 8.45. The van der Waals surface area contributed by atoms with Gasteiger partial charge in [0.1, 0.15) is 12.4 Å². The summed E-state index contributed by atoms with van der Waals surface area (Å²) in [6, 6.07) is 4.40. The van der Waals surface area contributed by atoms with Gasteiger partial charge in [-0.3, -0.25) is 4.90 Å². The fourth-order valence-electron chi connectivity index (χ4n) is 3.13. The van der Waals surface area contributed by atoms with Crippen LogP contribution in [0.1, 0.15) is 34.7 Å². The van der Waals surface area contributed by atoms with Gasteiger partial charge in [0, 0.05) is 36.4 Å². The largest absolute Gasteiger partial charge is 0.379 e. The number of nitrogens with one attached hydrogen (secondary N) is 2. The Balaban J connectivity index is 1.52. The number of nitrogens with zero attached hydrogens (tertiary/aromatic N) is 5. The molecule has 1 aliphatic rings. The molecule has 9 heteroatoms. The highest BCUT2D eigenvalue weighted by molar-refractivity contribution is 7.11. The summed E-state index contributed by atoms with van der Waals surface area (Å²) in [5.41, 5.74) is 0. The van der Waals surface area contributed by atoms with Crippen LogP contribution in [0.3, 0.4) is 0 Å². The number of hydrogen-bond acceptors (Lipinski definition) is 6. The van der Waals surface area contributed by atoms with Gasteiger partial charge in [-0.15, -0.1) is 21.5 Å². The summed E-state index contributed by atoms with van der Waals surface area (Å²) in [4.78, 5) is 9.92. The molecule has 0 aromatic carbocycles. The van der Waals surface area contributed by atoms with Crippen molar-refractivity contribution in [2.45, 2.75) is 39.8 Å². The molecule has 0 spiro atoms. The quantitative estimate of drug-likeness (QED) is 0.366. The van der Waals surface area contributed by atoms with Crippen LogP contribution in [0.25, 0.3) is 0 Å². The van der Waals surface area contributed by atoms with Crippen LogP contribution in [0.4, 0.5) is 0 Å². The van der Waals surface area contributed by atoms with Gasteiger partial charge in [-0.2, -0.15) is 0 Å². The smallest absolute Gasteiger partial charge is 0.192 e. The summed E-state index contributed by atoms with van der Waals surface area (Å²) in [5, 5.41) is 15.3. The fourth-order valence-corrected chi connectivity index (χ4v) is 4.02. The Morgan fingerprint density at radius 2 is 2.00 bits per heavy atom. The number of ether oxygens (including phenoxy) is 1. The minimum Gasteiger partial charge on any atom is -0.379 e. The lowest BCUT2D eigenvalue weighted by Crippen LogP contribution is -2.40. The van der Waals surface area contributed by atoms with Crippen LogP contribution >= 0.6 is 11.3 Å². The molecule has 1 aliphatic heterocycles. The zero-order chi connectivity index (χ0) is 20.5. The van der Waals surface area contributed by atoms with E-state index in [0.29, 0.717) is 6.54 Å². The van der Waals surface area contributed by atoms with Crippen molar-refractivity contribution in [1.82, 2.24) is 30.3 Å². The van der Waals surface area contributed by atoms with Crippen LogP contribution in [-0.4, -0.2) is 65.0 Å². The molecule has 0 aliphatic carbocycles. The molecule has 2 aromatic heterocycles. The van der Waals surface area contributed by atoms with Crippen molar-refractivity contribution in [2.24, 2.45) is 12.0 Å². The molecule has 1 saturated heterocycles. The molecule has 2 N–H and O–H groups in total. The van der Waals surface area contributed by atoms with Crippen LogP contribution < -0.4 is 10.6 Å². The Hall–Kier alpha value is -1.97. The van der Waals surface area contributed by atoms with Gasteiger partial charge in [0.15, 0.2) is 11.8 Å². The summed E-state index contributed by atoms with van der Waals surface area (Å²) < 4.78 is 7.39. The summed E-state index contributed by atoms with van der Waals surface area (Å²) in [5.74, 6) is 2.58. The minimum absolute atomic E-state index is 0.501. The highest BCUT2D eigenvalue weighted by Crippen LogP contribution is 2.16. The first-order valence-corrected chi connectivity index (χ1v) is 11.2. The highest BCUT2D eigenvalue weighted by atomic mass is 32.1. The Bertz CT molecular complexity index is 780. The number of guanidine groups is 1. The van der Waals surface area contributed by atoms with E-state index in [1.165, 1.54) is 9.75 Å². The van der Waals surface area contributed by atoms with Crippen molar-refractivity contribution in [3.05, 3.63) is 33.5 Å². The first-order chi connectivity index (χ1) is 14.2. The van der Waals surface area contributed by atoms with Gasteiger partial charge >= 0.3 is 0 Å². The molecule has 0 amide bonds. The average Bonchev–Trinajstić information content (AvgIpc) is 3.34. The summed E-state index contributed by atoms with van der Waals surface area (Å²) in [6.07, 6.45) is 2.15. The number of rotatable bonds is 9. The van der Waals surface area contributed by atoms with Crippen LogP contribution in [-0.2, 0) is 31.3 Å². The second-order valence-electron chi connectivity index (χ2n) is 7.20. The monoisotopic (exact) mass is 419 g/mol. The molecular formula is C20H33N7OS. The molecule has 0 unspecified atom stereocenters. The van der Waals surface area contributed by atoms with Crippen LogP contribution in [0.5, 0.6) is 0 Å². The van der Waals surface area contributed by atoms with E-state index in [-0.39, 0.29) is 0 Å². The maximum absolute atomic E-state index is 5.41. The zero-order valence-corrected chi connectivity index (χ0v) is 18.6. The standard InChI is InChI=1S/C20H33N7OS/c1-4-17-6-7-18(29-17)14-22-20(23-15-19-25-24-16(2)26(19)3)21-8-5-9-27-10-12-28-13-11-27/h6-7H,4-5,8-15H2,1-3H3,(H2,21,22,23). The van der Waals surface area contributed by atoms with Crippen LogP contribution in [0, 0.1) is 6.92 Å². The first kappa shape index (κ1) is 21.7. The maximum atomic E-state index is 5.41. The number of hydrogen-bond donors (Lipinski definition) is 2. The second kappa shape index (κ2) is 11.3. The lowest BCUT2D eigenvalue weighted by atomic mass is 10.3. The molecule has 0 saturated carbocycles. The van der Waals surface area contributed by atoms with Gasteiger partial charge in [0.2, 0.25) is 0 Å². The van der Waals surface area contributed by atoms with Gasteiger partial charge in [-0.1, -0.05) is 6.92 Å².